The van der Waals surface area contributed by atoms with Crippen molar-refractivity contribution in [2.75, 3.05) is 6.54 Å². The number of rotatable bonds is 3. The van der Waals surface area contributed by atoms with E-state index in [9.17, 15) is 9.90 Å². The third-order valence-electron chi connectivity index (χ3n) is 3.63. The number of amides is 1. The second-order valence-corrected chi connectivity index (χ2v) is 5.74. The molecule has 0 unspecified atom stereocenters. The molecule has 2 aromatic heterocycles. The number of likely N-dealkylation sites (tertiary alicyclic amines) is 1. The molecule has 0 radical (unpaired) electrons. The van der Waals surface area contributed by atoms with Crippen molar-refractivity contribution in [2.24, 2.45) is 7.05 Å². The summed E-state index contributed by atoms with van der Waals surface area (Å²) in [6.07, 6.45) is 4.43. The van der Waals surface area contributed by atoms with E-state index >= 15 is 0 Å². The fourth-order valence-electron chi connectivity index (χ4n) is 2.62. The van der Waals surface area contributed by atoms with Gasteiger partial charge in [-0.15, -0.1) is 11.3 Å². The van der Waals surface area contributed by atoms with Crippen LogP contribution in [0.2, 0.25) is 0 Å². The van der Waals surface area contributed by atoms with Gasteiger partial charge >= 0.3 is 0 Å². The molecule has 6 nitrogen and oxygen atoms in total. The molecule has 0 saturated carbocycles. The summed E-state index contributed by atoms with van der Waals surface area (Å²) < 4.78 is 1.73. The monoisotopic (exact) mass is 292 g/mol. The van der Waals surface area contributed by atoms with Crippen LogP contribution in [0.1, 0.15) is 22.5 Å². The Morgan fingerprint density at radius 2 is 2.45 bits per heavy atom. The Morgan fingerprint density at radius 1 is 1.60 bits per heavy atom. The Morgan fingerprint density at radius 3 is 3.10 bits per heavy atom. The molecule has 7 heteroatoms. The summed E-state index contributed by atoms with van der Waals surface area (Å²) in [7, 11) is 1.85. The molecule has 1 N–H and O–H groups in total. The SMILES string of the molecule is Cn1cc(C[C@@H]2[C@H](O)CCN2C(=O)c2cscn2)cn1. The maximum Gasteiger partial charge on any atom is 0.273 e. The van der Waals surface area contributed by atoms with Gasteiger partial charge in [0.15, 0.2) is 0 Å². The fraction of sp³-hybridized carbons (Fsp3) is 0.462. The molecule has 1 fully saturated rings. The highest BCUT2D eigenvalue weighted by molar-refractivity contribution is 7.07. The summed E-state index contributed by atoms with van der Waals surface area (Å²) in [4.78, 5) is 18.2. The number of aliphatic hydroxyl groups is 1. The van der Waals surface area contributed by atoms with Crippen molar-refractivity contribution >= 4 is 17.2 Å². The van der Waals surface area contributed by atoms with Crippen molar-refractivity contribution in [3.05, 3.63) is 34.5 Å². The molecule has 2 atom stereocenters. The zero-order valence-corrected chi connectivity index (χ0v) is 12.0. The molecule has 0 bridgehead atoms. The van der Waals surface area contributed by atoms with Crippen molar-refractivity contribution in [2.45, 2.75) is 25.0 Å². The number of carbonyl (C=O) groups is 1. The van der Waals surface area contributed by atoms with Crippen LogP contribution in [0.4, 0.5) is 0 Å². The highest BCUT2D eigenvalue weighted by Crippen LogP contribution is 2.23. The molecule has 0 aromatic carbocycles. The van der Waals surface area contributed by atoms with Crippen molar-refractivity contribution in [1.82, 2.24) is 19.7 Å². The summed E-state index contributed by atoms with van der Waals surface area (Å²) in [5.41, 5.74) is 3.13. The maximum absolute atomic E-state index is 12.4. The second-order valence-electron chi connectivity index (χ2n) is 5.02. The lowest BCUT2D eigenvalue weighted by atomic mass is 10.0. The highest BCUT2D eigenvalue weighted by atomic mass is 32.1. The normalized spacial score (nSPS) is 22.4. The number of thiazole rings is 1. The van der Waals surface area contributed by atoms with Gasteiger partial charge in [0, 0.05) is 25.2 Å². The van der Waals surface area contributed by atoms with Crippen molar-refractivity contribution in [3.63, 3.8) is 0 Å². The summed E-state index contributed by atoms with van der Waals surface area (Å²) in [5.74, 6) is -0.100. The van der Waals surface area contributed by atoms with Gasteiger partial charge in [-0.05, 0) is 18.4 Å². The van der Waals surface area contributed by atoms with Crippen LogP contribution in [0, 0.1) is 0 Å². The zero-order valence-electron chi connectivity index (χ0n) is 11.1. The molecule has 1 aliphatic heterocycles. The van der Waals surface area contributed by atoms with E-state index in [0.29, 0.717) is 25.1 Å². The van der Waals surface area contributed by atoms with E-state index in [-0.39, 0.29) is 11.9 Å². The van der Waals surface area contributed by atoms with Gasteiger partial charge < -0.3 is 10.0 Å². The maximum atomic E-state index is 12.4. The van der Waals surface area contributed by atoms with Crippen molar-refractivity contribution in [1.29, 1.82) is 0 Å². The number of hydrogen-bond donors (Lipinski definition) is 1. The fourth-order valence-corrected chi connectivity index (χ4v) is 3.15. The Balaban J connectivity index is 1.78. The molecule has 0 aliphatic carbocycles. The van der Waals surface area contributed by atoms with Crippen LogP contribution in [0.15, 0.2) is 23.3 Å². The lowest BCUT2D eigenvalue weighted by Crippen LogP contribution is -2.41. The smallest absolute Gasteiger partial charge is 0.273 e. The number of aromatic nitrogens is 3. The Kier molecular flexibility index (Phi) is 3.54. The van der Waals surface area contributed by atoms with Gasteiger partial charge in [0.05, 0.1) is 23.9 Å². The van der Waals surface area contributed by atoms with E-state index in [2.05, 4.69) is 10.1 Å². The second kappa shape index (κ2) is 5.34. The molecular weight excluding hydrogens is 276 g/mol. The lowest BCUT2D eigenvalue weighted by Gasteiger charge is -2.25. The molecule has 3 heterocycles. The van der Waals surface area contributed by atoms with Crippen LogP contribution < -0.4 is 0 Å². The first-order valence-corrected chi connectivity index (χ1v) is 7.44. The Labute approximate surface area is 120 Å². The first kappa shape index (κ1) is 13.3. The van der Waals surface area contributed by atoms with Crippen LogP contribution in [0.5, 0.6) is 0 Å². The summed E-state index contributed by atoms with van der Waals surface area (Å²) in [5, 5.41) is 16.0. The summed E-state index contributed by atoms with van der Waals surface area (Å²) in [6, 6.07) is -0.201. The van der Waals surface area contributed by atoms with Crippen LogP contribution in [-0.4, -0.2) is 49.4 Å². The molecule has 1 amide bonds. The highest BCUT2D eigenvalue weighted by Gasteiger charge is 2.37. The number of aliphatic hydroxyl groups excluding tert-OH is 1. The molecule has 2 aromatic rings. The van der Waals surface area contributed by atoms with Gasteiger partial charge in [0.25, 0.3) is 5.91 Å². The molecule has 106 valence electrons. The minimum atomic E-state index is -0.488. The average Bonchev–Trinajstić information content (AvgIpc) is 3.13. The van der Waals surface area contributed by atoms with E-state index in [1.807, 2.05) is 13.2 Å². The van der Waals surface area contributed by atoms with Crippen LogP contribution in [-0.2, 0) is 13.5 Å². The largest absolute Gasteiger partial charge is 0.391 e. The van der Waals surface area contributed by atoms with Gasteiger partial charge in [-0.1, -0.05) is 0 Å². The first-order chi connectivity index (χ1) is 9.65. The molecular formula is C13H16N4O2S. The third kappa shape index (κ3) is 2.46. The number of carbonyl (C=O) groups excluding carboxylic acids is 1. The van der Waals surface area contributed by atoms with Crippen LogP contribution in [0.3, 0.4) is 0 Å². The van der Waals surface area contributed by atoms with Gasteiger partial charge in [-0.2, -0.15) is 5.10 Å². The summed E-state index contributed by atoms with van der Waals surface area (Å²) >= 11 is 1.40. The van der Waals surface area contributed by atoms with E-state index < -0.39 is 6.10 Å². The van der Waals surface area contributed by atoms with Crippen LogP contribution >= 0.6 is 11.3 Å². The first-order valence-electron chi connectivity index (χ1n) is 6.50. The minimum absolute atomic E-state index is 0.100. The van der Waals surface area contributed by atoms with Crippen molar-refractivity contribution < 1.29 is 9.90 Å². The summed E-state index contributed by atoms with van der Waals surface area (Å²) in [6.45, 7) is 0.572. The van der Waals surface area contributed by atoms with E-state index in [1.165, 1.54) is 11.3 Å². The zero-order chi connectivity index (χ0) is 14.1. The lowest BCUT2D eigenvalue weighted by molar-refractivity contribution is 0.0635. The van der Waals surface area contributed by atoms with Gasteiger partial charge in [0.2, 0.25) is 0 Å². The minimum Gasteiger partial charge on any atom is -0.391 e. The third-order valence-corrected chi connectivity index (χ3v) is 4.21. The van der Waals surface area contributed by atoms with Gasteiger partial charge in [-0.3, -0.25) is 9.48 Å². The Bertz CT molecular complexity index is 595. The Hall–Kier alpha value is -1.73. The van der Waals surface area contributed by atoms with Gasteiger partial charge in [-0.25, -0.2) is 4.98 Å². The van der Waals surface area contributed by atoms with Crippen molar-refractivity contribution in [3.8, 4) is 0 Å². The predicted molar refractivity (Wildman–Crippen MR) is 74.5 cm³/mol. The standard InChI is InChI=1S/C13H16N4O2S/c1-16-6-9(5-15-16)4-11-12(18)2-3-17(11)13(19)10-7-20-8-14-10/h5-8,11-12,18H,2-4H2,1H3/t11-,12-/m1/s1. The quantitative estimate of drug-likeness (QED) is 0.904. The number of aryl methyl sites for hydroxylation is 1. The van der Waals surface area contributed by atoms with Gasteiger partial charge in [0.1, 0.15) is 5.69 Å². The van der Waals surface area contributed by atoms with E-state index in [4.69, 9.17) is 0 Å². The number of nitrogens with zero attached hydrogens (tertiary/aromatic N) is 4. The average molecular weight is 292 g/mol. The van der Waals surface area contributed by atoms with E-state index in [1.54, 1.807) is 26.7 Å². The predicted octanol–water partition coefficient (Wildman–Crippen LogP) is 0.695. The topological polar surface area (TPSA) is 71.2 Å². The molecule has 0 spiro atoms. The molecule has 1 saturated heterocycles. The van der Waals surface area contributed by atoms with Crippen LogP contribution in [0.25, 0.3) is 0 Å². The number of hydrogen-bond acceptors (Lipinski definition) is 5. The molecule has 1 aliphatic rings. The van der Waals surface area contributed by atoms with E-state index in [0.717, 1.165) is 5.56 Å². The molecule has 3 rings (SSSR count). The molecule has 20 heavy (non-hydrogen) atoms.